The number of rotatable bonds is 11. The minimum absolute atomic E-state index is 0.185. The van der Waals surface area contributed by atoms with Gasteiger partial charge in [0, 0.05) is 5.56 Å². The van der Waals surface area contributed by atoms with Gasteiger partial charge in [0.1, 0.15) is 12.4 Å². The fraction of sp³-hybridized carbons (Fsp3) is 0.270. The Balaban J connectivity index is 1.39. The Morgan fingerprint density at radius 3 is 2.51 bits per heavy atom. The summed E-state index contributed by atoms with van der Waals surface area (Å²) in [5.41, 5.74) is 4.53. The fourth-order valence-corrected chi connectivity index (χ4v) is 5.73. The van der Waals surface area contributed by atoms with Crippen LogP contribution in [0.2, 0.25) is 5.02 Å². The third-order valence-corrected chi connectivity index (χ3v) is 8.03. The molecule has 0 fully saturated rings. The van der Waals surface area contributed by atoms with Crippen molar-refractivity contribution in [3.63, 3.8) is 0 Å². The molecule has 0 unspecified atom stereocenters. The Morgan fingerprint density at radius 2 is 1.72 bits per heavy atom. The van der Waals surface area contributed by atoms with Gasteiger partial charge in [-0.05, 0) is 97.5 Å². The lowest BCUT2D eigenvalue weighted by atomic mass is 9.96. The molecule has 5 aromatic rings. The van der Waals surface area contributed by atoms with Crippen molar-refractivity contribution in [1.82, 2.24) is 9.66 Å². The molecule has 242 valence electrons. The van der Waals surface area contributed by atoms with Crippen LogP contribution in [0, 0.1) is 6.92 Å². The number of hydrogen-bond acceptors (Lipinski definition) is 8. The minimum atomic E-state index is -0.291. The number of benzene rings is 4. The van der Waals surface area contributed by atoms with E-state index in [4.69, 9.17) is 40.3 Å². The second-order valence-corrected chi connectivity index (χ2v) is 11.8. The van der Waals surface area contributed by atoms with E-state index < -0.39 is 0 Å². The standard InChI is InChI=1S/C37H36ClN3O6/c1-6-43-32-14-23(5)28(18-27(32)22(3)4)36-40-30-11-9-8-10-26(30)37(42)41(36)39-19-25-15-29(38)35(34(17-25)44-7-2)45-20-24-12-13-31-33(16-24)47-21-46-31/h8-19,22H,6-7,20-21H2,1-5H3. The zero-order valence-electron chi connectivity index (χ0n) is 27.0. The van der Waals surface area contributed by atoms with Gasteiger partial charge in [-0.25, -0.2) is 4.98 Å². The molecule has 0 saturated carbocycles. The first-order valence-corrected chi connectivity index (χ1v) is 16.0. The molecular weight excluding hydrogens is 618 g/mol. The van der Waals surface area contributed by atoms with Crippen LogP contribution < -0.4 is 29.2 Å². The van der Waals surface area contributed by atoms with E-state index in [-0.39, 0.29) is 24.9 Å². The quantitative estimate of drug-likeness (QED) is 0.133. The molecule has 0 saturated heterocycles. The van der Waals surface area contributed by atoms with Crippen LogP contribution >= 0.6 is 11.6 Å². The van der Waals surface area contributed by atoms with E-state index in [0.717, 1.165) is 28.0 Å². The second-order valence-electron chi connectivity index (χ2n) is 11.3. The summed E-state index contributed by atoms with van der Waals surface area (Å²) < 4.78 is 30.2. The Labute approximate surface area is 278 Å². The number of halogens is 1. The number of fused-ring (bicyclic) bond motifs is 2. The van der Waals surface area contributed by atoms with E-state index in [1.807, 2.05) is 69.3 Å². The van der Waals surface area contributed by atoms with Gasteiger partial charge >= 0.3 is 0 Å². The minimum Gasteiger partial charge on any atom is -0.494 e. The smallest absolute Gasteiger partial charge is 0.282 e. The van der Waals surface area contributed by atoms with Gasteiger partial charge in [0.25, 0.3) is 5.56 Å². The van der Waals surface area contributed by atoms with Crippen LogP contribution in [0.1, 0.15) is 55.9 Å². The van der Waals surface area contributed by atoms with Crippen LogP contribution in [0.25, 0.3) is 22.3 Å². The molecule has 0 atom stereocenters. The predicted molar refractivity (Wildman–Crippen MR) is 184 cm³/mol. The van der Waals surface area contributed by atoms with Crippen LogP contribution in [0.15, 0.2) is 76.6 Å². The number of aromatic nitrogens is 2. The molecule has 6 rings (SSSR count). The summed E-state index contributed by atoms with van der Waals surface area (Å²) in [6.45, 7) is 11.4. The average Bonchev–Trinajstić information content (AvgIpc) is 3.52. The average molecular weight is 654 g/mol. The molecule has 4 aromatic carbocycles. The number of ether oxygens (including phenoxy) is 5. The third kappa shape index (κ3) is 6.62. The monoisotopic (exact) mass is 653 g/mol. The zero-order valence-corrected chi connectivity index (χ0v) is 27.8. The lowest BCUT2D eigenvalue weighted by Crippen LogP contribution is -2.21. The van der Waals surface area contributed by atoms with Crippen molar-refractivity contribution in [2.45, 2.75) is 47.1 Å². The van der Waals surface area contributed by atoms with Gasteiger partial charge in [-0.2, -0.15) is 9.78 Å². The van der Waals surface area contributed by atoms with Crippen LogP contribution in [0.4, 0.5) is 0 Å². The summed E-state index contributed by atoms with van der Waals surface area (Å²) in [5.74, 6) is 3.66. The van der Waals surface area contributed by atoms with E-state index in [1.54, 1.807) is 24.4 Å². The first-order valence-electron chi connectivity index (χ1n) is 15.6. The molecular formula is C37H36ClN3O6. The summed E-state index contributed by atoms with van der Waals surface area (Å²) in [7, 11) is 0. The van der Waals surface area contributed by atoms with Crippen LogP contribution in [-0.4, -0.2) is 35.9 Å². The van der Waals surface area contributed by atoms with Crippen LogP contribution in [0.5, 0.6) is 28.7 Å². The maximum absolute atomic E-state index is 13.9. The molecule has 47 heavy (non-hydrogen) atoms. The van der Waals surface area contributed by atoms with Crippen molar-refractivity contribution in [2.75, 3.05) is 20.0 Å². The summed E-state index contributed by atoms with van der Waals surface area (Å²) in [6.07, 6.45) is 1.57. The van der Waals surface area contributed by atoms with E-state index in [2.05, 4.69) is 18.9 Å². The molecule has 0 amide bonds. The topological polar surface area (TPSA) is 93.4 Å². The molecule has 10 heteroatoms. The van der Waals surface area contributed by atoms with Gasteiger partial charge in [0.15, 0.2) is 28.8 Å². The summed E-state index contributed by atoms with van der Waals surface area (Å²) >= 11 is 6.75. The Kier molecular flexibility index (Phi) is 9.36. The van der Waals surface area contributed by atoms with Crippen molar-refractivity contribution in [3.05, 3.63) is 104 Å². The lowest BCUT2D eigenvalue weighted by Gasteiger charge is -2.18. The predicted octanol–water partition coefficient (Wildman–Crippen LogP) is 8.14. The largest absolute Gasteiger partial charge is 0.494 e. The van der Waals surface area contributed by atoms with Gasteiger partial charge in [-0.1, -0.05) is 43.6 Å². The maximum Gasteiger partial charge on any atom is 0.282 e. The molecule has 0 bridgehead atoms. The summed E-state index contributed by atoms with van der Waals surface area (Å²) in [5, 5.41) is 5.48. The Hall–Kier alpha value is -5.02. The molecule has 1 aromatic heterocycles. The molecule has 2 heterocycles. The fourth-order valence-electron chi connectivity index (χ4n) is 5.45. The number of hydrogen-bond donors (Lipinski definition) is 0. The van der Waals surface area contributed by atoms with Gasteiger partial charge in [-0.15, -0.1) is 0 Å². The first kappa shape index (κ1) is 31.9. The SMILES string of the molecule is CCOc1cc(C)c(-c2nc3ccccc3c(=O)n2N=Cc2cc(Cl)c(OCc3ccc4c(c3)OCO4)c(OCC)c2)cc1C(C)C. The highest BCUT2D eigenvalue weighted by Crippen LogP contribution is 2.39. The summed E-state index contributed by atoms with van der Waals surface area (Å²) in [6, 6.07) is 20.4. The highest BCUT2D eigenvalue weighted by molar-refractivity contribution is 6.32. The van der Waals surface area contributed by atoms with Crippen molar-refractivity contribution in [1.29, 1.82) is 0 Å². The molecule has 9 nitrogen and oxygen atoms in total. The van der Waals surface area contributed by atoms with Gasteiger partial charge < -0.3 is 23.7 Å². The maximum atomic E-state index is 13.9. The highest BCUT2D eigenvalue weighted by atomic mass is 35.5. The zero-order chi connectivity index (χ0) is 33.1. The van der Waals surface area contributed by atoms with E-state index in [9.17, 15) is 4.79 Å². The molecule has 1 aliphatic heterocycles. The normalized spacial score (nSPS) is 12.3. The van der Waals surface area contributed by atoms with Gasteiger partial charge in [0.05, 0.1) is 35.4 Å². The van der Waals surface area contributed by atoms with Crippen molar-refractivity contribution < 1.29 is 23.7 Å². The number of aryl methyl sites for hydroxylation is 1. The van der Waals surface area contributed by atoms with Crippen LogP contribution in [0.3, 0.4) is 0 Å². The van der Waals surface area contributed by atoms with E-state index in [1.165, 1.54) is 4.68 Å². The third-order valence-electron chi connectivity index (χ3n) is 7.75. The van der Waals surface area contributed by atoms with E-state index in [0.29, 0.717) is 63.5 Å². The lowest BCUT2D eigenvalue weighted by molar-refractivity contribution is 0.174. The second kappa shape index (κ2) is 13.8. The van der Waals surface area contributed by atoms with E-state index >= 15 is 0 Å². The first-order chi connectivity index (χ1) is 22.8. The highest BCUT2D eigenvalue weighted by Gasteiger charge is 2.20. The van der Waals surface area contributed by atoms with Crippen molar-refractivity contribution in [3.8, 4) is 40.1 Å². The van der Waals surface area contributed by atoms with Crippen molar-refractivity contribution >= 4 is 28.7 Å². The van der Waals surface area contributed by atoms with Gasteiger partial charge in [0.2, 0.25) is 6.79 Å². The number of nitrogens with zero attached hydrogens (tertiary/aromatic N) is 3. The Bertz CT molecular complexity index is 2040. The summed E-state index contributed by atoms with van der Waals surface area (Å²) in [4.78, 5) is 18.9. The molecule has 0 radical (unpaired) electrons. The molecule has 1 aliphatic rings. The van der Waals surface area contributed by atoms with Crippen LogP contribution in [-0.2, 0) is 6.61 Å². The molecule has 0 N–H and O–H groups in total. The molecule has 0 spiro atoms. The number of para-hydroxylation sites is 1. The van der Waals surface area contributed by atoms with Crippen molar-refractivity contribution in [2.24, 2.45) is 5.10 Å². The van der Waals surface area contributed by atoms with Gasteiger partial charge in [-0.3, -0.25) is 4.79 Å². The molecule has 0 aliphatic carbocycles. The Morgan fingerprint density at radius 1 is 0.957 bits per heavy atom.